The van der Waals surface area contributed by atoms with Gasteiger partial charge in [-0.05, 0) is 0 Å². The van der Waals surface area contributed by atoms with Gasteiger partial charge in [0.25, 0.3) is 0 Å². The molecule has 0 saturated carbocycles. The number of hydrogen-bond donors (Lipinski definition) is 4. The fourth-order valence-corrected chi connectivity index (χ4v) is 0. The molecule has 0 saturated heterocycles. The van der Waals surface area contributed by atoms with E-state index in [-0.39, 0.29) is 0 Å². The number of hydrazine groups is 2. The van der Waals surface area contributed by atoms with Crippen LogP contribution in [0.1, 0.15) is 0 Å². The van der Waals surface area contributed by atoms with Crippen molar-refractivity contribution >= 4 is 8.69 Å². The quantitative estimate of drug-likeness (QED) is 0.173. The molecule has 6 heavy (non-hydrogen) atoms. The second-order valence-electron chi connectivity index (χ2n) is 0.248. The Kier molecular flexibility index (Phi) is 31.7. The number of nitrogens with one attached hydrogen (secondary N) is 1. The minimum absolute atomic E-state index is 0.833. The van der Waals surface area contributed by atoms with Gasteiger partial charge in [-0.2, -0.15) is 5.53 Å². The zero-order valence-electron chi connectivity index (χ0n) is 2.96. The summed E-state index contributed by atoms with van der Waals surface area (Å²) in [5.41, 5.74) is 1.75. The Bertz CT molecular complexity index is 22.8. The summed E-state index contributed by atoms with van der Waals surface area (Å²) < 4.78 is 8.46. The van der Waals surface area contributed by atoms with Crippen LogP contribution >= 0.6 is 8.69 Å². The van der Waals surface area contributed by atoms with E-state index in [1.54, 1.807) is 5.53 Å². The summed E-state index contributed by atoms with van der Waals surface area (Å²) in [6.45, 7) is 0. The normalized spacial score (nSPS) is 6.50. The lowest BCUT2D eigenvalue weighted by atomic mass is 12.6. The second kappa shape index (κ2) is 20.4. The Labute approximate surface area is 36.6 Å². The average Bonchev–Trinajstić information content (AvgIpc) is 1.39. The van der Waals surface area contributed by atoms with Gasteiger partial charge in [0, 0.05) is 0 Å². The van der Waals surface area contributed by atoms with E-state index >= 15 is 0 Å². The van der Waals surface area contributed by atoms with Crippen LogP contribution in [0.2, 0.25) is 0 Å². The van der Waals surface area contributed by atoms with E-state index in [9.17, 15) is 0 Å². The second-order valence-corrected chi connectivity index (χ2v) is 0.412. The van der Waals surface area contributed by atoms with Gasteiger partial charge in [-0.25, -0.2) is 4.57 Å². The van der Waals surface area contributed by atoms with Crippen molar-refractivity contribution in [2.45, 2.75) is 0 Å². The highest BCUT2D eigenvalue weighted by molar-refractivity contribution is 7.16. The molecule has 0 unspecified atom stereocenters. The first-order valence-corrected chi connectivity index (χ1v) is 1.73. The summed E-state index contributed by atoms with van der Waals surface area (Å²) in [5, 5.41) is 0. The van der Waals surface area contributed by atoms with Crippen molar-refractivity contribution in [2.24, 2.45) is 11.7 Å². The van der Waals surface area contributed by atoms with Gasteiger partial charge in [0.1, 0.15) is 0 Å². The Morgan fingerprint density at radius 3 is 1.67 bits per heavy atom. The van der Waals surface area contributed by atoms with Crippen LogP contribution in [0.15, 0.2) is 0 Å². The lowest BCUT2D eigenvalue weighted by Gasteiger charge is -1.64. The minimum atomic E-state index is -0.833. The van der Waals surface area contributed by atoms with Crippen LogP contribution < -0.4 is 17.2 Å². The highest BCUT2D eigenvalue weighted by Crippen LogP contribution is 1.66. The van der Waals surface area contributed by atoms with Crippen LogP contribution in [0.4, 0.5) is 0 Å². The molecule has 0 aromatic carbocycles. The molecule has 0 fully saturated rings. The average molecular weight is 111 g/mol. The smallest absolute Gasteiger partial charge is 0.310 e. The summed E-state index contributed by atoms with van der Waals surface area (Å²) in [5.74, 6) is 8.75. The highest BCUT2D eigenvalue weighted by atomic mass is 31.1. The monoisotopic (exact) mass is 111 g/mol. The van der Waals surface area contributed by atoms with E-state index in [0.717, 1.165) is 0 Å². The van der Waals surface area contributed by atoms with Gasteiger partial charge in [0.2, 0.25) is 0 Å². The Morgan fingerprint density at radius 2 is 1.67 bits per heavy atom. The van der Waals surface area contributed by atoms with E-state index < -0.39 is 8.69 Å². The zero-order valence-corrected chi connectivity index (χ0v) is 3.85. The fraction of sp³-hybridized carbons (Fsp3) is 0. The Balaban J connectivity index is 0. The maximum atomic E-state index is 8.46. The number of rotatable bonds is 0. The molecule has 0 aromatic heterocycles. The topological polar surface area (TPSA) is 101 Å². The van der Waals surface area contributed by atoms with Gasteiger partial charge in [-0.3, -0.25) is 11.7 Å². The standard InChI is InChI=1S/H5N3.HO2P/c2*1-3-2/h3H,1-2H2;(H,1,2). The molecule has 38 valence electrons. The van der Waals surface area contributed by atoms with E-state index in [4.69, 9.17) is 9.46 Å². The highest BCUT2D eigenvalue weighted by Gasteiger charge is 1.28. The van der Waals surface area contributed by atoms with E-state index in [2.05, 4.69) is 11.7 Å². The molecule has 0 radical (unpaired) electrons. The molecule has 0 spiro atoms. The van der Waals surface area contributed by atoms with Crippen LogP contribution in [-0.2, 0) is 4.57 Å². The molecule has 0 amide bonds. The van der Waals surface area contributed by atoms with Gasteiger partial charge >= 0.3 is 8.69 Å². The molecule has 0 bridgehead atoms. The Morgan fingerprint density at radius 1 is 1.67 bits per heavy atom. The van der Waals surface area contributed by atoms with E-state index in [0.29, 0.717) is 0 Å². The predicted molar refractivity (Wildman–Crippen MR) is 21.3 cm³/mol. The third-order valence-electron chi connectivity index (χ3n) is 0. The third-order valence-corrected chi connectivity index (χ3v) is 0. The van der Waals surface area contributed by atoms with Crippen molar-refractivity contribution in [2.75, 3.05) is 0 Å². The van der Waals surface area contributed by atoms with Gasteiger partial charge in [-0.15, -0.1) is 0 Å². The van der Waals surface area contributed by atoms with Crippen LogP contribution in [0.25, 0.3) is 0 Å². The van der Waals surface area contributed by atoms with Crippen molar-refractivity contribution in [3.63, 3.8) is 0 Å². The summed E-state index contributed by atoms with van der Waals surface area (Å²) in [7, 11) is -0.833. The summed E-state index contributed by atoms with van der Waals surface area (Å²) >= 11 is 0. The summed E-state index contributed by atoms with van der Waals surface area (Å²) in [6, 6.07) is 0. The first-order chi connectivity index (χ1) is 2.83. The van der Waals surface area contributed by atoms with Crippen molar-refractivity contribution in [3.05, 3.63) is 0 Å². The summed E-state index contributed by atoms with van der Waals surface area (Å²) in [4.78, 5) is 6.99. The van der Waals surface area contributed by atoms with Crippen LogP contribution in [-0.4, -0.2) is 4.89 Å². The molecule has 0 rings (SSSR count). The van der Waals surface area contributed by atoms with Crippen LogP contribution in [0.3, 0.4) is 0 Å². The largest absolute Gasteiger partial charge is 0.324 e. The molecular weight excluding hydrogens is 105 g/mol. The number of hydrogen-bond acceptors (Lipinski definition) is 4. The molecule has 0 aromatic rings. The molecule has 0 aliphatic rings. The maximum absolute atomic E-state index is 8.46. The van der Waals surface area contributed by atoms with E-state index in [1.165, 1.54) is 0 Å². The maximum Gasteiger partial charge on any atom is 0.324 e. The van der Waals surface area contributed by atoms with Crippen LogP contribution in [0.5, 0.6) is 0 Å². The fourth-order valence-electron chi connectivity index (χ4n) is 0. The Hall–Kier alpha value is -0.0600. The SMILES string of the molecule is NNN.O=PO. The lowest BCUT2D eigenvalue weighted by Crippen LogP contribution is -2.29. The van der Waals surface area contributed by atoms with E-state index in [1.807, 2.05) is 0 Å². The first-order valence-electron chi connectivity index (χ1n) is 0.960. The predicted octanol–water partition coefficient (Wildman–Crippen LogP) is -1.49. The lowest BCUT2D eigenvalue weighted by molar-refractivity contribution is 0.524. The molecule has 5 nitrogen and oxygen atoms in total. The van der Waals surface area contributed by atoms with Crippen LogP contribution in [0, 0.1) is 0 Å². The molecule has 0 heterocycles. The van der Waals surface area contributed by atoms with Gasteiger partial charge in [-0.1, -0.05) is 0 Å². The molecule has 6 heteroatoms. The van der Waals surface area contributed by atoms with Crippen molar-refractivity contribution in [1.82, 2.24) is 5.53 Å². The third kappa shape index (κ3) is 9460. The molecular formula is H6N3O2P. The van der Waals surface area contributed by atoms with Gasteiger partial charge in [0.05, 0.1) is 0 Å². The summed E-state index contributed by atoms with van der Waals surface area (Å²) in [6.07, 6.45) is 0. The minimum Gasteiger partial charge on any atom is -0.310 e. The van der Waals surface area contributed by atoms with Crippen molar-refractivity contribution in [1.29, 1.82) is 0 Å². The molecule has 6 N–H and O–H groups in total. The van der Waals surface area contributed by atoms with Crippen molar-refractivity contribution in [3.8, 4) is 0 Å². The molecule has 0 atom stereocenters. The molecule has 0 aliphatic carbocycles. The van der Waals surface area contributed by atoms with Crippen molar-refractivity contribution < 1.29 is 9.46 Å². The molecule has 0 aliphatic heterocycles. The zero-order chi connectivity index (χ0) is 5.41. The first kappa shape index (κ1) is 9.34. The van der Waals surface area contributed by atoms with Gasteiger partial charge in [0.15, 0.2) is 0 Å². The van der Waals surface area contributed by atoms with Gasteiger partial charge < -0.3 is 4.89 Å². The number of nitrogens with two attached hydrogens (primary N) is 2.